The van der Waals surface area contributed by atoms with Crippen molar-refractivity contribution in [2.24, 2.45) is 5.41 Å². The molecule has 1 aliphatic heterocycles. The number of fused-ring (bicyclic) bond motifs is 1. The third kappa shape index (κ3) is 4.93. The van der Waals surface area contributed by atoms with E-state index in [1.54, 1.807) is 19.3 Å². The van der Waals surface area contributed by atoms with Crippen molar-refractivity contribution in [1.29, 1.82) is 0 Å². The van der Waals surface area contributed by atoms with Crippen molar-refractivity contribution in [3.63, 3.8) is 0 Å². The second-order valence-electron chi connectivity index (χ2n) is 8.99. The van der Waals surface area contributed by atoms with E-state index in [0.29, 0.717) is 10.9 Å². The molecule has 7 heteroatoms. The summed E-state index contributed by atoms with van der Waals surface area (Å²) in [5.41, 5.74) is 5.43. The number of nitrogens with one attached hydrogen (secondary N) is 1. The molecule has 0 spiro atoms. The van der Waals surface area contributed by atoms with Crippen LogP contribution >= 0.6 is 12.6 Å². The van der Waals surface area contributed by atoms with Crippen LogP contribution in [0.5, 0.6) is 0 Å². The van der Waals surface area contributed by atoms with Gasteiger partial charge >= 0.3 is 5.97 Å². The van der Waals surface area contributed by atoms with E-state index in [-0.39, 0.29) is 17.0 Å². The number of aliphatic carboxylic acids is 1. The van der Waals surface area contributed by atoms with Gasteiger partial charge < -0.3 is 10.4 Å². The highest BCUT2D eigenvalue weighted by atomic mass is 32.1. The molecule has 168 valence electrons. The molecular weight excluding hydrogens is 422 g/mol. The van der Waals surface area contributed by atoms with Crippen LogP contribution in [0.4, 0.5) is 0 Å². The normalized spacial score (nSPS) is 17.6. The number of ketones is 1. The maximum Gasteiger partial charge on any atom is 0.339 e. The molecule has 0 bridgehead atoms. The number of carboxylic acids is 1. The summed E-state index contributed by atoms with van der Waals surface area (Å²) in [7, 11) is 0. The molecule has 32 heavy (non-hydrogen) atoms. The topological polar surface area (TPSA) is 92.2 Å². The number of benzene rings is 1. The molecule has 0 radical (unpaired) electrons. The predicted octanol–water partition coefficient (Wildman–Crippen LogP) is 4.50. The maximum atomic E-state index is 12.7. The minimum Gasteiger partial charge on any atom is -0.478 e. The lowest BCUT2D eigenvalue weighted by atomic mass is 9.77. The standard InChI is InChI=1S/C25H29N3O3S/c1-6-14-8-19-15(9-18(14)16-12-26-24(32)27-13-16)10-22(25(3,4)5)28-20(19)11-21(29)17(7-2)23(30)31/h7-9,11-13,22,28H,6,10H2,1-5H3,(H,30,31)(H,26,27,32)/b17-7+,20-11-. The van der Waals surface area contributed by atoms with Crippen LogP contribution in [0, 0.1) is 5.41 Å². The van der Waals surface area contributed by atoms with Crippen LogP contribution < -0.4 is 5.32 Å². The van der Waals surface area contributed by atoms with Crippen molar-refractivity contribution in [3.8, 4) is 11.1 Å². The fraction of sp³-hybridized carbons (Fsp3) is 0.360. The van der Waals surface area contributed by atoms with Crippen LogP contribution in [0.1, 0.15) is 51.3 Å². The summed E-state index contributed by atoms with van der Waals surface area (Å²) in [4.78, 5) is 32.6. The third-order valence-electron chi connectivity index (χ3n) is 5.81. The Morgan fingerprint density at radius 3 is 2.41 bits per heavy atom. The number of aromatic nitrogens is 2. The zero-order valence-corrected chi connectivity index (χ0v) is 20.0. The second kappa shape index (κ2) is 9.28. The van der Waals surface area contributed by atoms with E-state index in [1.807, 2.05) is 0 Å². The van der Waals surface area contributed by atoms with E-state index < -0.39 is 11.8 Å². The van der Waals surface area contributed by atoms with Gasteiger partial charge in [0.2, 0.25) is 0 Å². The molecule has 6 nitrogen and oxygen atoms in total. The number of aryl methyl sites for hydroxylation is 1. The number of hydrogen-bond acceptors (Lipinski definition) is 6. The van der Waals surface area contributed by atoms with Gasteiger partial charge in [0, 0.05) is 41.3 Å². The lowest BCUT2D eigenvalue weighted by Gasteiger charge is -2.38. The van der Waals surface area contributed by atoms with Crippen molar-refractivity contribution in [1.82, 2.24) is 15.3 Å². The van der Waals surface area contributed by atoms with Crippen LogP contribution in [0.25, 0.3) is 16.8 Å². The van der Waals surface area contributed by atoms with Gasteiger partial charge in [0.25, 0.3) is 0 Å². The van der Waals surface area contributed by atoms with E-state index in [2.05, 4.69) is 67.7 Å². The summed E-state index contributed by atoms with van der Waals surface area (Å²) in [5.74, 6) is -1.75. The molecule has 0 amide bonds. The highest BCUT2D eigenvalue weighted by Crippen LogP contribution is 2.36. The second-order valence-corrected chi connectivity index (χ2v) is 9.39. The molecule has 0 saturated heterocycles. The minimum absolute atomic E-state index is 0.0730. The fourth-order valence-corrected chi connectivity index (χ4v) is 4.00. The molecule has 2 aromatic rings. The van der Waals surface area contributed by atoms with E-state index in [1.165, 1.54) is 12.2 Å². The molecule has 1 aromatic heterocycles. The van der Waals surface area contributed by atoms with Gasteiger partial charge in [-0.25, -0.2) is 14.8 Å². The van der Waals surface area contributed by atoms with Crippen LogP contribution in [-0.4, -0.2) is 32.9 Å². The fourth-order valence-electron chi connectivity index (χ4n) is 3.89. The van der Waals surface area contributed by atoms with Crippen LogP contribution in [-0.2, 0) is 22.4 Å². The Morgan fingerprint density at radius 2 is 1.88 bits per heavy atom. The van der Waals surface area contributed by atoms with Crippen molar-refractivity contribution in [3.05, 3.63) is 58.9 Å². The first-order valence-electron chi connectivity index (χ1n) is 10.6. The van der Waals surface area contributed by atoms with Crippen molar-refractivity contribution < 1.29 is 14.7 Å². The van der Waals surface area contributed by atoms with Gasteiger partial charge in [0.15, 0.2) is 10.9 Å². The van der Waals surface area contributed by atoms with Crippen molar-refractivity contribution >= 4 is 30.1 Å². The summed E-state index contributed by atoms with van der Waals surface area (Å²) in [6, 6.07) is 4.31. The van der Waals surface area contributed by atoms with E-state index in [0.717, 1.165) is 40.7 Å². The number of hydrogen-bond donors (Lipinski definition) is 3. The Kier molecular flexibility index (Phi) is 6.88. The number of carbonyl (C=O) groups is 2. The van der Waals surface area contributed by atoms with Gasteiger partial charge in [-0.2, -0.15) is 0 Å². The first-order valence-corrected chi connectivity index (χ1v) is 11.1. The quantitative estimate of drug-likeness (QED) is 0.204. The number of allylic oxidation sites excluding steroid dienone is 2. The Bertz CT molecular complexity index is 1110. The van der Waals surface area contributed by atoms with Crippen LogP contribution in [0.15, 0.2) is 47.4 Å². The molecule has 3 rings (SSSR count). The lowest BCUT2D eigenvalue weighted by molar-refractivity contribution is -0.134. The number of carboxylic acid groups (broad SMARTS) is 1. The van der Waals surface area contributed by atoms with Gasteiger partial charge in [-0.05, 0) is 47.9 Å². The van der Waals surface area contributed by atoms with E-state index in [9.17, 15) is 14.7 Å². The summed E-state index contributed by atoms with van der Waals surface area (Å²) in [6.45, 7) is 10.1. The van der Waals surface area contributed by atoms with Gasteiger partial charge in [-0.15, -0.1) is 12.6 Å². The van der Waals surface area contributed by atoms with Gasteiger partial charge in [0.1, 0.15) is 5.57 Å². The smallest absolute Gasteiger partial charge is 0.339 e. The SMILES string of the molecule is C/C=C(/C(=O)O)C(=O)/C=C1\NC(C(C)(C)C)Cc2cc(-c3cnc(S)nc3)c(CC)cc21. The molecule has 1 unspecified atom stereocenters. The van der Waals surface area contributed by atoms with E-state index in [4.69, 9.17) is 0 Å². The molecule has 1 aromatic carbocycles. The molecule has 1 atom stereocenters. The largest absolute Gasteiger partial charge is 0.478 e. The Morgan fingerprint density at radius 1 is 1.22 bits per heavy atom. The molecule has 1 aliphatic rings. The molecule has 2 heterocycles. The van der Waals surface area contributed by atoms with Crippen molar-refractivity contribution in [2.45, 2.75) is 58.7 Å². The Balaban J connectivity index is 2.18. The summed E-state index contributed by atoms with van der Waals surface area (Å²) >= 11 is 4.18. The Hall–Kier alpha value is -2.93. The monoisotopic (exact) mass is 451 g/mol. The number of nitrogens with zero attached hydrogens (tertiary/aromatic N) is 2. The average molecular weight is 452 g/mol. The van der Waals surface area contributed by atoms with Gasteiger partial charge in [0.05, 0.1) is 0 Å². The van der Waals surface area contributed by atoms with Gasteiger partial charge in [-0.3, -0.25) is 4.79 Å². The third-order valence-corrected chi connectivity index (χ3v) is 6.04. The predicted molar refractivity (Wildman–Crippen MR) is 129 cm³/mol. The number of carbonyl (C=O) groups excluding carboxylic acids is 1. The molecule has 0 aliphatic carbocycles. The van der Waals surface area contributed by atoms with Crippen LogP contribution in [0.3, 0.4) is 0 Å². The molecular formula is C25H29N3O3S. The Labute approximate surface area is 194 Å². The first kappa shape index (κ1) is 23.7. The van der Waals surface area contributed by atoms with E-state index >= 15 is 0 Å². The molecule has 2 N–H and O–H groups in total. The average Bonchev–Trinajstić information content (AvgIpc) is 2.72. The maximum absolute atomic E-state index is 12.7. The zero-order valence-electron chi connectivity index (χ0n) is 19.1. The highest BCUT2D eigenvalue weighted by Gasteiger charge is 2.32. The number of thiol groups is 1. The van der Waals surface area contributed by atoms with Crippen molar-refractivity contribution in [2.75, 3.05) is 0 Å². The number of rotatable bonds is 5. The van der Waals surface area contributed by atoms with Gasteiger partial charge in [-0.1, -0.05) is 39.8 Å². The van der Waals surface area contributed by atoms with Crippen LogP contribution in [0.2, 0.25) is 0 Å². The molecule has 0 fully saturated rings. The lowest BCUT2D eigenvalue weighted by Crippen LogP contribution is -2.44. The molecule has 0 saturated carbocycles. The minimum atomic E-state index is -1.23. The summed E-state index contributed by atoms with van der Waals surface area (Å²) in [5, 5.41) is 13.3. The zero-order chi connectivity index (χ0) is 23.6. The summed E-state index contributed by atoms with van der Waals surface area (Å²) < 4.78 is 0. The first-order chi connectivity index (χ1) is 15.0. The highest BCUT2D eigenvalue weighted by molar-refractivity contribution is 7.80. The summed E-state index contributed by atoms with van der Waals surface area (Å²) in [6.07, 6.45) is 7.84.